The molecule has 192 valence electrons. The zero-order chi connectivity index (χ0) is 26.2. The molecular weight excluding hydrogens is 494 g/mol. The van der Waals surface area contributed by atoms with Gasteiger partial charge in [0.2, 0.25) is 21.8 Å². The lowest BCUT2D eigenvalue weighted by Gasteiger charge is -2.32. The minimum Gasteiger partial charge on any atom is -0.497 e. The number of benzene rings is 2. The normalized spacial score (nSPS) is 11.9. The van der Waals surface area contributed by atoms with Crippen LogP contribution in [0.25, 0.3) is 0 Å². The number of anilines is 1. The fraction of sp³-hybridized carbons (Fsp3) is 0.417. The van der Waals surface area contributed by atoms with Gasteiger partial charge in [0, 0.05) is 24.2 Å². The molecule has 2 aromatic carbocycles. The number of carbonyl (C=O) groups excluding carboxylic acids is 2. The third kappa shape index (κ3) is 7.76. The minimum absolute atomic E-state index is 0.0913. The number of hydrogen-bond acceptors (Lipinski definition) is 6. The van der Waals surface area contributed by atoms with E-state index in [1.807, 2.05) is 6.92 Å². The van der Waals surface area contributed by atoms with Gasteiger partial charge in [0.15, 0.2) is 0 Å². The smallest absolute Gasteiger partial charge is 0.244 e. The van der Waals surface area contributed by atoms with Crippen LogP contribution in [0.2, 0.25) is 5.02 Å². The van der Waals surface area contributed by atoms with E-state index >= 15 is 0 Å². The number of nitrogens with one attached hydrogen (secondary N) is 1. The molecule has 0 bridgehead atoms. The van der Waals surface area contributed by atoms with Crippen molar-refractivity contribution in [3.8, 4) is 11.5 Å². The maximum absolute atomic E-state index is 13.5. The average molecular weight is 526 g/mol. The molecule has 2 aromatic rings. The van der Waals surface area contributed by atoms with E-state index in [1.165, 1.54) is 31.3 Å². The van der Waals surface area contributed by atoms with Crippen LogP contribution in [0.1, 0.15) is 25.8 Å². The molecule has 0 aliphatic carbocycles. The first-order valence-electron chi connectivity index (χ1n) is 11.0. The summed E-state index contributed by atoms with van der Waals surface area (Å²) in [5, 5.41) is 3.33. The summed E-state index contributed by atoms with van der Waals surface area (Å²) in [6.45, 7) is 3.56. The van der Waals surface area contributed by atoms with Gasteiger partial charge >= 0.3 is 0 Å². The van der Waals surface area contributed by atoms with Crippen LogP contribution in [-0.2, 0) is 26.2 Å². The van der Waals surface area contributed by atoms with Gasteiger partial charge in [-0.2, -0.15) is 0 Å². The Balaban J connectivity index is 2.43. The summed E-state index contributed by atoms with van der Waals surface area (Å²) in [7, 11) is -1.02. The molecule has 0 aromatic heterocycles. The van der Waals surface area contributed by atoms with Crippen LogP contribution in [0.15, 0.2) is 42.5 Å². The summed E-state index contributed by atoms with van der Waals surface area (Å²) in [6.07, 6.45) is 1.74. The summed E-state index contributed by atoms with van der Waals surface area (Å²) in [6, 6.07) is 10.6. The summed E-state index contributed by atoms with van der Waals surface area (Å²) in [5.41, 5.74) is 0.921. The first-order chi connectivity index (χ1) is 16.5. The number of methoxy groups -OCH3 is 2. The van der Waals surface area contributed by atoms with Gasteiger partial charge < -0.3 is 19.7 Å². The van der Waals surface area contributed by atoms with Crippen molar-refractivity contribution < 1.29 is 27.5 Å². The second-order valence-corrected chi connectivity index (χ2v) is 10.3. The number of ether oxygens (including phenoxy) is 2. The van der Waals surface area contributed by atoms with Gasteiger partial charge in [-0.25, -0.2) is 8.42 Å². The first kappa shape index (κ1) is 28.3. The average Bonchev–Trinajstić information content (AvgIpc) is 2.83. The lowest BCUT2D eigenvalue weighted by atomic mass is 10.1. The third-order valence-corrected chi connectivity index (χ3v) is 6.70. The van der Waals surface area contributed by atoms with Gasteiger partial charge in [0.05, 0.1) is 26.2 Å². The Labute approximate surface area is 212 Å². The van der Waals surface area contributed by atoms with Crippen molar-refractivity contribution in [1.29, 1.82) is 0 Å². The largest absolute Gasteiger partial charge is 0.497 e. The van der Waals surface area contributed by atoms with Crippen LogP contribution in [0.5, 0.6) is 11.5 Å². The maximum Gasteiger partial charge on any atom is 0.244 e. The summed E-state index contributed by atoms with van der Waals surface area (Å²) in [4.78, 5) is 27.6. The van der Waals surface area contributed by atoms with E-state index in [9.17, 15) is 18.0 Å². The van der Waals surface area contributed by atoms with E-state index in [0.29, 0.717) is 17.3 Å². The molecule has 0 unspecified atom stereocenters. The Morgan fingerprint density at radius 3 is 2.29 bits per heavy atom. The van der Waals surface area contributed by atoms with Crippen LogP contribution in [0, 0.1) is 0 Å². The molecule has 0 aliphatic heterocycles. The molecule has 0 radical (unpaired) electrons. The fourth-order valence-electron chi connectivity index (χ4n) is 3.35. The number of halogens is 1. The quantitative estimate of drug-likeness (QED) is 0.456. The molecule has 35 heavy (non-hydrogen) atoms. The lowest BCUT2D eigenvalue weighted by Crippen LogP contribution is -2.51. The molecule has 0 saturated heterocycles. The highest BCUT2D eigenvalue weighted by Gasteiger charge is 2.31. The molecule has 0 saturated carbocycles. The van der Waals surface area contributed by atoms with Crippen LogP contribution in [0.4, 0.5) is 5.69 Å². The van der Waals surface area contributed by atoms with Crippen molar-refractivity contribution in [1.82, 2.24) is 10.2 Å². The summed E-state index contributed by atoms with van der Waals surface area (Å²) in [5.74, 6) is -0.194. The zero-order valence-electron chi connectivity index (χ0n) is 20.6. The SMILES string of the molecule is CCCNC(=O)[C@@H](C)N(Cc1ccc(Cl)cc1)C(=O)CN(c1ccc(OC)cc1OC)S(C)(=O)=O. The van der Waals surface area contributed by atoms with E-state index in [2.05, 4.69) is 5.32 Å². The molecule has 2 amide bonds. The van der Waals surface area contributed by atoms with Crippen molar-refractivity contribution in [2.45, 2.75) is 32.9 Å². The Bertz CT molecular complexity index is 1120. The molecular formula is C24H32ClN3O6S. The lowest BCUT2D eigenvalue weighted by molar-refractivity contribution is -0.139. The van der Waals surface area contributed by atoms with Crippen molar-refractivity contribution >= 4 is 39.1 Å². The topological polar surface area (TPSA) is 105 Å². The predicted molar refractivity (Wildman–Crippen MR) is 137 cm³/mol. The van der Waals surface area contributed by atoms with Crippen molar-refractivity contribution in [2.75, 3.05) is 37.9 Å². The number of hydrogen-bond donors (Lipinski definition) is 1. The first-order valence-corrected chi connectivity index (χ1v) is 13.3. The standard InChI is InChI=1S/C24H32ClN3O6S/c1-6-13-26-24(30)17(2)27(15-18-7-9-19(25)10-8-18)23(29)16-28(35(5,31)32)21-12-11-20(33-3)14-22(21)34-4/h7-12,14,17H,6,13,15-16H2,1-5H3,(H,26,30)/t17-/m1/s1. The predicted octanol–water partition coefficient (Wildman–Crippen LogP) is 3.07. The van der Waals surface area contributed by atoms with Gasteiger partial charge in [-0.1, -0.05) is 30.7 Å². The van der Waals surface area contributed by atoms with Gasteiger partial charge in [-0.05, 0) is 43.2 Å². The van der Waals surface area contributed by atoms with Crippen molar-refractivity contribution in [2.24, 2.45) is 0 Å². The minimum atomic E-state index is -3.89. The second kappa shape index (κ2) is 12.6. The molecule has 2 rings (SSSR count). The number of sulfonamides is 1. The monoisotopic (exact) mass is 525 g/mol. The van der Waals surface area contributed by atoms with Gasteiger partial charge in [-0.3, -0.25) is 13.9 Å². The van der Waals surface area contributed by atoms with E-state index in [4.69, 9.17) is 21.1 Å². The molecule has 0 heterocycles. The van der Waals surface area contributed by atoms with Crippen molar-refractivity contribution in [3.05, 3.63) is 53.1 Å². The van der Waals surface area contributed by atoms with Crippen LogP contribution >= 0.6 is 11.6 Å². The fourth-order valence-corrected chi connectivity index (χ4v) is 4.33. The molecule has 0 spiro atoms. The molecule has 1 atom stereocenters. The van der Waals surface area contributed by atoms with Crippen molar-refractivity contribution in [3.63, 3.8) is 0 Å². The molecule has 0 aliphatic rings. The highest BCUT2D eigenvalue weighted by Crippen LogP contribution is 2.33. The van der Waals surface area contributed by atoms with Crippen LogP contribution in [0.3, 0.4) is 0 Å². The van der Waals surface area contributed by atoms with E-state index < -0.39 is 28.5 Å². The van der Waals surface area contributed by atoms with Crippen LogP contribution < -0.4 is 19.1 Å². The summed E-state index contributed by atoms with van der Waals surface area (Å²) < 4.78 is 37.0. The Kier molecular flexibility index (Phi) is 10.2. The van der Waals surface area contributed by atoms with E-state index in [1.54, 1.807) is 37.3 Å². The van der Waals surface area contributed by atoms with Crippen LogP contribution in [-0.4, -0.2) is 64.7 Å². The molecule has 0 fully saturated rings. The van der Waals surface area contributed by atoms with Gasteiger partial charge in [0.25, 0.3) is 0 Å². The van der Waals surface area contributed by atoms with Gasteiger partial charge in [0.1, 0.15) is 24.1 Å². The number of amides is 2. The Hall–Kier alpha value is -2.98. The highest BCUT2D eigenvalue weighted by molar-refractivity contribution is 7.92. The summed E-state index contributed by atoms with van der Waals surface area (Å²) >= 11 is 5.98. The third-order valence-electron chi connectivity index (χ3n) is 5.32. The number of carbonyl (C=O) groups is 2. The maximum atomic E-state index is 13.5. The number of rotatable bonds is 12. The van der Waals surface area contributed by atoms with E-state index in [-0.39, 0.29) is 23.9 Å². The molecule has 1 N–H and O–H groups in total. The molecule has 9 nitrogen and oxygen atoms in total. The highest BCUT2D eigenvalue weighted by atomic mass is 35.5. The Morgan fingerprint density at radius 1 is 1.09 bits per heavy atom. The zero-order valence-corrected chi connectivity index (χ0v) is 22.1. The molecule has 11 heteroatoms. The second-order valence-electron chi connectivity index (χ2n) is 7.92. The number of nitrogens with zero attached hydrogens (tertiary/aromatic N) is 2. The Morgan fingerprint density at radius 2 is 1.74 bits per heavy atom. The van der Waals surface area contributed by atoms with E-state index in [0.717, 1.165) is 22.5 Å². The van der Waals surface area contributed by atoms with Gasteiger partial charge in [-0.15, -0.1) is 0 Å².